The summed E-state index contributed by atoms with van der Waals surface area (Å²) in [6.07, 6.45) is 1.70. The summed E-state index contributed by atoms with van der Waals surface area (Å²) in [5.41, 5.74) is 5.65. The lowest BCUT2D eigenvalue weighted by Gasteiger charge is -2.11. The van der Waals surface area contributed by atoms with Gasteiger partial charge in [-0.1, -0.05) is 29.3 Å². The molecule has 0 spiro atoms. The highest BCUT2D eigenvalue weighted by atomic mass is 35.5. The van der Waals surface area contributed by atoms with Crippen molar-refractivity contribution in [2.75, 3.05) is 12.5 Å². The molecule has 2 aromatic carbocycles. The number of thiazole rings is 1. The highest BCUT2D eigenvalue weighted by Gasteiger charge is 2.07. The Kier molecular flexibility index (Phi) is 6.55. The number of aryl methyl sites for hydroxylation is 1. The van der Waals surface area contributed by atoms with Crippen LogP contribution in [0.25, 0.3) is 0 Å². The predicted molar refractivity (Wildman–Crippen MR) is 112 cm³/mol. The number of hydrazone groups is 1. The molecule has 0 fully saturated rings. The van der Waals surface area contributed by atoms with Crippen LogP contribution in [0, 0.1) is 6.92 Å². The van der Waals surface area contributed by atoms with E-state index in [2.05, 4.69) is 15.5 Å². The Morgan fingerprint density at radius 2 is 2.00 bits per heavy atom. The van der Waals surface area contributed by atoms with Gasteiger partial charge in [0.15, 0.2) is 11.5 Å². The molecule has 5 nitrogen and oxygen atoms in total. The normalized spacial score (nSPS) is 11.0. The Labute approximate surface area is 171 Å². The third kappa shape index (κ3) is 5.35. The van der Waals surface area contributed by atoms with E-state index in [1.807, 2.05) is 36.6 Å². The van der Waals surface area contributed by atoms with Crippen LogP contribution in [-0.2, 0) is 6.61 Å². The third-order valence-corrected chi connectivity index (χ3v) is 5.16. The Morgan fingerprint density at radius 1 is 1.15 bits per heavy atom. The number of benzene rings is 2. The molecule has 140 valence electrons. The second kappa shape index (κ2) is 9.08. The van der Waals surface area contributed by atoms with Crippen LogP contribution in [0.15, 0.2) is 46.9 Å². The Morgan fingerprint density at radius 3 is 2.70 bits per heavy atom. The van der Waals surface area contributed by atoms with Gasteiger partial charge in [-0.15, -0.1) is 11.3 Å². The van der Waals surface area contributed by atoms with Crippen LogP contribution >= 0.6 is 34.5 Å². The Balaban J connectivity index is 1.65. The van der Waals surface area contributed by atoms with E-state index in [-0.39, 0.29) is 0 Å². The molecule has 0 radical (unpaired) electrons. The molecule has 1 N–H and O–H groups in total. The summed E-state index contributed by atoms with van der Waals surface area (Å²) < 4.78 is 11.3. The van der Waals surface area contributed by atoms with Crippen molar-refractivity contribution in [2.45, 2.75) is 13.5 Å². The van der Waals surface area contributed by atoms with Gasteiger partial charge in [-0.05, 0) is 48.4 Å². The van der Waals surface area contributed by atoms with Crippen molar-refractivity contribution in [3.05, 3.63) is 68.6 Å². The molecule has 8 heteroatoms. The van der Waals surface area contributed by atoms with Crippen LogP contribution in [0.5, 0.6) is 11.5 Å². The predicted octanol–water partition coefficient (Wildman–Crippen LogP) is 5.79. The molecule has 0 aliphatic heterocycles. The number of nitrogens with one attached hydrogen (secondary N) is 1. The number of aromatic nitrogens is 1. The zero-order chi connectivity index (χ0) is 19.2. The number of rotatable bonds is 7. The molecule has 0 aliphatic carbocycles. The smallest absolute Gasteiger partial charge is 0.203 e. The number of hydrogen-bond donors (Lipinski definition) is 1. The molecule has 3 rings (SSSR count). The van der Waals surface area contributed by atoms with Crippen LogP contribution in [-0.4, -0.2) is 18.3 Å². The number of nitrogens with zero attached hydrogens (tertiary/aromatic N) is 2. The van der Waals surface area contributed by atoms with Crippen LogP contribution < -0.4 is 14.9 Å². The van der Waals surface area contributed by atoms with E-state index in [0.717, 1.165) is 22.0 Å². The molecule has 3 aromatic rings. The summed E-state index contributed by atoms with van der Waals surface area (Å²) in [4.78, 5) is 4.29. The fraction of sp³-hybridized carbons (Fsp3) is 0.158. The van der Waals surface area contributed by atoms with E-state index < -0.39 is 0 Å². The van der Waals surface area contributed by atoms with Crippen molar-refractivity contribution >= 4 is 45.9 Å². The van der Waals surface area contributed by atoms with E-state index in [4.69, 9.17) is 32.7 Å². The number of anilines is 1. The van der Waals surface area contributed by atoms with E-state index in [9.17, 15) is 0 Å². The van der Waals surface area contributed by atoms with Gasteiger partial charge in [-0.2, -0.15) is 5.10 Å². The fourth-order valence-corrected chi connectivity index (χ4v) is 3.20. The average Bonchev–Trinajstić information content (AvgIpc) is 3.08. The highest BCUT2D eigenvalue weighted by Crippen LogP contribution is 2.29. The van der Waals surface area contributed by atoms with E-state index in [1.54, 1.807) is 25.5 Å². The fourth-order valence-electron chi connectivity index (χ4n) is 2.24. The summed E-state index contributed by atoms with van der Waals surface area (Å²) in [5.74, 6) is 1.24. The van der Waals surface area contributed by atoms with E-state index >= 15 is 0 Å². The Hall–Kier alpha value is -2.28. The molecule has 1 aromatic heterocycles. The summed E-state index contributed by atoms with van der Waals surface area (Å²) in [6, 6.07) is 11.0. The second-order valence-corrected chi connectivity index (χ2v) is 7.28. The minimum Gasteiger partial charge on any atom is -0.493 e. The Bertz CT molecular complexity index is 960. The quantitative estimate of drug-likeness (QED) is 0.387. The van der Waals surface area contributed by atoms with E-state index in [1.165, 1.54) is 11.3 Å². The number of halogens is 2. The van der Waals surface area contributed by atoms with Gasteiger partial charge in [0, 0.05) is 5.38 Å². The zero-order valence-electron chi connectivity index (χ0n) is 14.7. The van der Waals surface area contributed by atoms with Gasteiger partial charge in [0.25, 0.3) is 0 Å². The molecule has 0 atom stereocenters. The maximum absolute atomic E-state index is 6.03. The number of ether oxygens (including phenoxy) is 2. The van der Waals surface area contributed by atoms with Crippen LogP contribution in [0.1, 0.15) is 16.8 Å². The van der Waals surface area contributed by atoms with Crippen LogP contribution in [0.3, 0.4) is 0 Å². The number of methoxy groups -OCH3 is 1. The molecule has 0 saturated heterocycles. The maximum atomic E-state index is 6.03. The monoisotopic (exact) mass is 421 g/mol. The van der Waals surface area contributed by atoms with Gasteiger partial charge in [0.1, 0.15) is 6.61 Å². The molecule has 0 aliphatic rings. The second-order valence-electron chi connectivity index (χ2n) is 5.61. The summed E-state index contributed by atoms with van der Waals surface area (Å²) in [7, 11) is 1.60. The molecule has 0 bridgehead atoms. The van der Waals surface area contributed by atoms with Crippen molar-refractivity contribution in [3.63, 3.8) is 0 Å². The van der Waals surface area contributed by atoms with Crippen LogP contribution in [0.2, 0.25) is 10.0 Å². The van der Waals surface area contributed by atoms with Crippen molar-refractivity contribution in [1.82, 2.24) is 4.98 Å². The maximum Gasteiger partial charge on any atom is 0.203 e. The summed E-state index contributed by atoms with van der Waals surface area (Å²) in [6.45, 7) is 2.29. The lowest BCUT2D eigenvalue weighted by molar-refractivity contribution is 0.284. The highest BCUT2D eigenvalue weighted by molar-refractivity contribution is 7.13. The molecular weight excluding hydrogens is 405 g/mol. The largest absolute Gasteiger partial charge is 0.493 e. The average molecular weight is 422 g/mol. The molecule has 0 unspecified atom stereocenters. The van der Waals surface area contributed by atoms with Crippen molar-refractivity contribution in [1.29, 1.82) is 0 Å². The van der Waals surface area contributed by atoms with Gasteiger partial charge >= 0.3 is 0 Å². The minimum absolute atomic E-state index is 0.353. The topological polar surface area (TPSA) is 55.7 Å². The zero-order valence-corrected chi connectivity index (χ0v) is 17.0. The van der Waals surface area contributed by atoms with Crippen molar-refractivity contribution in [3.8, 4) is 11.5 Å². The molecular formula is C19H17Cl2N3O2S. The molecule has 1 heterocycles. The van der Waals surface area contributed by atoms with Gasteiger partial charge in [-0.3, -0.25) is 5.43 Å². The lowest BCUT2D eigenvalue weighted by Crippen LogP contribution is -1.99. The molecule has 0 saturated carbocycles. The summed E-state index contributed by atoms with van der Waals surface area (Å²) >= 11 is 13.5. The first-order valence-electron chi connectivity index (χ1n) is 8.01. The SMILES string of the molecule is COc1cc(C=NNc2nc(C)cs2)ccc1OCc1ccc(Cl)c(Cl)c1. The first-order chi connectivity index (χ1) is 13.0. The molecule has 27 heavy (non-hydrogen) atoms. The van der Waals surface area contributed by atoms with E-state index in [0.29, 0.717) is 28.2 Å². The summed E-state index contributed by atoms with van der Waals surface area (Å²) in [5, 5.41) is 7.91. The van der Waals surface area contributed by atoms with Gasteiger partial charge < -0.3 is 9.47 Å². The number of hydrogen-bond acceptors (Lipinski definition) is 6. The van der Waals surface area contributed by atoms with Crippen molar-refractivity contribution in [2.24, 2.45) is 5.10 Å². The first-order valence-corrected chi connectivity index (χ1v) is 9.64. The van der Waals surface area contributed by atoms with Gasteiger partial charge in [-0.25, -0.2) is 4.98 Å². The minimum atomic E-state index is 0.353. The van der Waals surface area contributed by atoms with Gasteiger partial charge in [0.05, 0.1) is 29.1 Å². The lowest BCUT2D eigenvalue weighted by atomic mass is 10.2. The first kappa shape index (κ1) is 19.5. The third-order valence-electron chi connectivity index (χ3n) is 3.56. The van der Waals surface area contributed by atoms with Crippen molar-refractivity contribution < 1.29 is 9.47 Å². The van der Waals surface area contributed by atoms with Crippen LogP contribution in [0.4, 0.5) is 5.13 Å². The molecule has 0 amide bonds. The standard InChI is InChI=1S/C19H17Cl2N3O2S/c1-12-11-27-19(23-12)24-22-9-13-4-6-17(18(8-13)25-2)26-10-14-3-5-15(20)16(21)7-14/h3-9,11H,10H2,1-2H3,(H,23,24). The van der Waals surface area contributed by atoms with Gasteiger partial charge in [0.2, 0.25) is 5.13 Å².